The number of hydrogen-bond donors (Lipinski definition) is 2. The third-order valence-electron chi connectivity index (χ3n) is 2.34. The van der Waals surface area contributed by atoms with Gasteiger partial charge in [-0.3, -0.25) is 9.59 Å². The van der Waals surface area contributed by atoms with Gasteiger partial charge in [-0.05, 0) is 0 Å². The van der Waals surface area contributed by atoms with Crippen LogP contribution in [0.5, 0.6) is 0 Å². The highest BCUT2D eigenvalue weighted by atomic mass is 19.1. The molecule has 0 spiro atoms. The zero-order valence-corrected chi connectivity index (χ0v) is 8.76. The molecule has 16 heavy (non-hydrogen) atoms. The van der Waals surface area contributed by atoms with E-state index in [0.29, 0.717) is 6.54 Å². The smallest absolute Gasteiger partial charge is 0.306 e. The molecule has 7 heteroatoms. The Balaban J connectivity index is 2.49. The monoisotopic (exact) mass is 234 g/mol. The van der Waals surface area contributed by atoms with Gasteiger partial charge in [0.1, 0.15) is 12.7 Å². The lowest BCUT2D eigenvalue weighted by Crippen LogP contribution is -2.52. The van der Waals surface area contributed by atoms with Gasteiger partial charge in [0, 0.05) is 13.1 Å². The molecule has 1 rings (SSSR count). The van der Waals surface area contributed by atoms with Crippen molar-refractivity contribution in [2.45, 2.75) is 18.6 Å². The molecular formula is C9H15FN2O4. The van der Waals surface area contributed by atoms with Crippen LogP contribution in [0.15, 0.2) is 0 Å². The Hall–Kier alpha value is -1.21. The topological polar surface area (TPSA) is 92.9 Å². The number of ether oxygens (including phenoxy) is 1. The fourth-order valence-corrected chi connectivity index (χ4v) is 1.54. The van der Waals surface area contributed by atoms with Crippen molar-refractivity contribution in [1.82, 2.24) is 4.90 Å². The van der Waals surface area contributed by atoms with Crippen molar-refractivity contribution < 1.29 is 23.8 Å². The molecule has 1 aliphatic heterocycles. The number of rotatable bonds is 4. The van der Waals surface area contributed by atoms with E-state index < -0.39 is 30.7 Å². The quantitative estimate of drug-likeness (QED) is 0.650. The lowest BCUT2D eigenvalue weighted by Gasteiger charge is -2.33. The van der Waals surface area contributed by atoms with Gasteiger partial charge in [0.05, 0.1) is 19.1 Å². The van der Waals surface area contributed by atoms with Crippen molar-refractivity contribution in [3.63, 3.8) is 0 Å². The highest BCUT2D eigenvalue weighted by Gasteiger charge is 2.28. The summed E-state index contributed by atoms with van der Waals surface area (Å²) < 4.78 is 17.4. The Kier molecular flexibility index (Phi) is 4.63. The van der Waals surface area contributed by atoms with E-state index in [4.69, 9.17) is 15.6 Å². The molecule has 1 aliphatic rings. The molecule has 0 saturated carbocycles. The van der Waals surface area contributed by atoms with E-state index in [9.17, 15) is 14.0 Å². The number of carboxylic acids is 1. The summed E-state index contributed by atoms with van der Waals surface area (Å²) in [5.74, 6) is -1.49. The molecule has 1 amide bonds. The van der Waals surface area contributed by atoms with E-state index in [1.165, 1.54) is 4.90 Å². The van der Waals surface area contributed by atoms with Gasteiger partial charge in [0.25, 0.3) is 0 Å². The van der Waals surface area contributed by atoms with Gasteiger partial charge >= 0.3 is 5.97 Å². The summed E-state index contributed by atoms with van der Waals surface area (Å²) >= 11 is 0. The average molecular weight is 234 g/mol. The van der Waals surface area contributed by atoms with Gasteiger partial charge in [-0.2, -0.15) is 0 Å². The maximum atomic E-state index is 12.2. The van der Waals surface area contributed by atoms with Crippen molar-refractivity contribution in [1.29, 1.82) is 0 Å². The molecule has 2 atom stereocenters. The van der Waals surface area contributed by atoms with E-state index in [1.54, 1.807) is 0 Å². The van der Waals surface area contributed by atoms with Crippen LogP contribution < -0.4 is 5.73 Å². The summed E-state index contributed by atoms with van der Waals surface area (Å²) in [5.41, 5.74) is 5.27. The van der Waals surface area contributed by atoms with Crippen LogP contribution in [0.1, 0.15) is 6.42 Å². The highest BCUT2D eigenvalue weighted by Crippen LogP contribution is 2.09. The van der Waals surface area contributed by atoms with E-state index in [-0.39, 0.29) is 19.6 Å². The van der Waals surface area contributed by atoms with Gasteiger partial charge in [0.2, 0.25) is 5.91 Å². The van der Waals surface area contributed by atoms with Gasteiger partial charge in [-0.25, -0.2) is 4.39 Å². The predicted molar refractivity (Wildman–Crippen MR) is 52.5 cm³/mol. The van der Waals surface area contributed by atoms with Crippen molar-refractivity contribution in [3.8, 4) is 0 Å². The van der Waals surface area contributed by atoms with E-state index in [1.807, 2.05) is 0 Å². The molecule has 0 aromatic carbocycles. The number of carboxylic acid groups (broad SMARTS) is 1. The zero-order valence-electron chi connectivity index (χ0n) is 8.76. The maximum absolute atomic E-state index is 12.2. The normalized spacial score (nSPS) is 22.9. The van der Waals surface area contributed by atoms with Crippen LogP contribution in [0.3, 0.4) is 0 Å². The predicted octanol–water partition coefficient (Wildman–Crippen LogP) is -1.01. The molecule has 92 valence electrons. The molecule has 2 unspecified atom stereocenters. The standard InChI is InChI=1S/C9H15FN2O4/c10-4-7(11)9(15)12-1-2-16-6(5-12)3-8(13)14/h6-7H,1-5,11H2,(H,13,14). The first kappa shape index (κ1) is 12.9. The molecule has 0 aromatic rings. The van der Waals surface area contributed by atoms with Crippen LogP contribution in [-0.2, 0) is 14.3 Å². The summed E-state index contributed by atoms with van der Waals surface area (Å²) in [6, 6.07) is -1.16. The van der Waals surface area contributed by atoms with Gasteiger partial charge in [-0.1, -0.05) is 0 Å². The highest BCUT2D eigenvalue weighted by molar-refractivity contribution is 5.82. The minimum Gasteiger partial charge on any atom is -0.481 e. The average Bonchev–Trinajstić information content (AvgIpc) is 2.26. The van der Waals surface area contributed by atoms with Crippen LogP contribution in [0, 0.1) is 0 Å². The second-order valence-corrected chi connectivity index (χ2v) is 3.64. The summed E-state index contributed by atoms with van der Waals surface area (Å²) in [5, 5.41) is 8.58. The maximum Gasteiger partial charge on any atom is 0.306 e. The van der Waals surface area contributed by atoms with Crippen LogP contribution in [-0.4, -0.2) is 60.4 Å². The van der Waals surface area contributed by atoms with Crippen molar-refractivity contribution in [2.75, 3.05) is 26.4 Å². The molecule has 3 N–H and O–H groups in total. The Morgan fingerprint density at radius 1 is 1.62 bits per heavy atom. The van der Waals surface area contributed by atoms with Gasteiger partial charge in [-0.15, -0.1) is 0 Å². The number of halogens is 1. The second-order valence-electron chi connectivity index (χ2n) is 3.64. The second kappa shape index (κ2) is 5.76. The first-order chi connectivity index (χ1) is 7.54. The van der Waals surface area contributed by atoms with Crippen LogP contribution in [0.2, 0.25) is 0 Å². The molecule has 0 aromatic heterocycles. The summed E-state index contributed by atoms with van der Waals surface area (Å²) in [4.78, 5) is 23.3. The lowest BCUT2D eigenvalue weighted by molar-refractivity contribution is -0.148. The first-order valence-corrected chi connectivity index (χ1v) is 4.98. The van der Waals surface area contributed by atoms with Gasteiger partial charge in [0.15, 0.2) is 0 Å². The van der Waals surface area contributed by atoms with E-state index in [2.05, 4.69) is 0 Å². The Morgan fingerprint density at radius 2 is 2.31 bits per heavy atom. The van der Waals surface area contributed by atoms with Crippen molar-refractivity contribution in [3.05, 3.63) is 0 Å². The SMILES string of the molecule is NC(CF)C(=O)N1CCOC(CC(=O)O)C1. The van der Waals surface area contributed by atoms with Crippen molar-refractivity contribution in [2.24, 2.45) is 5.73 Å². The fourth-order valence-electron chi connectivity index (χ4n) is 1.54. The minimum atomic E-state index is -1.16. The van der Waals surface area contributed by atoms with Crippen LogP contribution in [0.25, 0.3) is 0 Å². The number of amides is 1. The molecular weight excluding hydrogens is 219 g/mol. The summed E-state index contributed by atoms with van der Waals surface area (Å²) in [6.45, 7) is -0.191. The Labute approximate surface area is 92.1 Å². The molecule has 0 radical (unpaired) electrons. The number of morpholine rings is 1. The number of alkyl halides is 1. The number of aliphatic carboxylic acids is 1. The third-order valence-corrected chi connectivity index (χ3v) is 2.34. The molecule has 1 heterocycles. The minimum absolute atomic E-state index is 0.152. The van der Waals surface area contributed by atoms with Crippen LogP contribution >= 0.6 is 0 Å². The number of hydrogen-bond acceptors (Lipinski definition) is 4. The molecule has 0 bridgehead atoms. The Bertz CT molecular complexity index is 274. The largest absolute Gasteiger partial charge is 0.481 e. The summed E-state index contributed by atoms with van der Waals surface area (Å²) in [6.07, 6.45) is -0.712. The first-order valence-electron chi connectivity index (χ1n) is 4.98. The molecule has 0 aliphatic carbocycles. The molecule has 1 fully saturated rings. The van der Waals surface area contributed by atoms with E-state index in [0.717, 1.165) is 0 Å². The number of nitrogens with two attached hydrogens (primary N) is 1. The Morgan fingerprint density at radius 3 is 2.88 bits per heavy atom. The zero-order chi connectivity index (χ0) is 12.1. The van der Waals surface area contributed by atoms with Crippen LogP contribution in [0.4, 0.5) is 4.39 Å². The number of carbonyl (C=O) groups is 2. The molecule has 6 nitrogen and oxygen atoms in total. The van der Waals surface area contributed by atoms with Crippen molar-refractivity contribution >= 4 is 11.9 Å². The summed E-state index contributed by atoms with van der Waals surface area (Å²) in [7, 11) is 0. The van der Waals surface area contributed by atoms with E-state index >= 15 is 0 Å². The molecule has 1 saturated heterocycles. The number of carbonyl (C=O) groups excluding carboxylic acids is 1. The number of nitrogens with zero attached hydrogens (tertiary/aromatic N) is 1. The lowest BCUT2D eigenvalue weighted by atomic mass is 10.2. The third kappa shape index (κ3) is 3.42. The van der Waals surface area contributed by atoms with Gasteiger partial charge < -0.3 is 20.5 Å². The fraction of sp³-hybridized carbons (Fsp3) is 0.778.